The van der Waals surface area contributed by atoms with E-state index < -0.39 is 0 Å². The number of carbonyl (C=O) groups is 1. The molecule has 0 aliphatic carbocycles. The van der Waals surface area contributed by atoms with Gasteiger partial charge in [-0.3, -0.25) is 9.69 Å². The number of nitrogens with zero attached hydrogens (tertiary/aromatic N) is 2. The van der Waals surface area contributed by atoms with Crippen molar-refractivity contribution in [2.75, 3.05) is 19.6 Å². The number of hydrogen-bond acceptors (Lipinski definition) is 4. The fourth-order valence-electron chi connectivity index (χ4n) is 2.36. The summed E-state index contributed by atoms with van der Waals surface area (Å²) in [4.78, 5) is 14.0. The van der Waals surface area contributed by atoms with Crippen LogP contribution >= 0.6 is 0 Å². The molecule has 2 N–H and O–H groups in total. The first-order valence-corrected chi connectivity index (χ1v) is 6.83. The van der Waals surface area contributed by atoms with E-state index in [0.29, 0.717) is 6.54 Å². The van der Waals surface area contributed by atoms with Crippen molar-refractivity contribution in [3.63, 3.8) is 0 Å². The first kappa shape index (κ1) is 15.0. The normalized spacial score (nSPS) is 23.6. The van der Waals surface area contributed by atoms with Crippen LogP contribution in [0, 0.1) is 5.92 Å². The fourth-order valence-corrected chi connectivity index (χ4v) is 2.36. The molecular weight excluding hydrogens is 230 g/mol. The zero-order valence-corrected chi connectivity index (χ0v) is 11.6. The molecule has 1 aliphatic heterocycles. The summed E-state index contributed by atoms with van der Waals surface area (Å²) in [5.74, 6) is 0.324. The Balaban J connectivity index is 2.37. The van der Waals surface area contributed by atoms with Crippen LogP contribution < -0.4 is 5.32 Å². The number of rotatable bonds is 5. The van der Waals surface area contributed by atoms with E-state index in [1.165, 1.54) is 0 Å². The Labute approximate surface area is 109 Å². The minimum absolute atomic E-state index is 0.0975. The maximum absolute atomic E-state index is 11.9. The molecule has 1 aliphatic rings. The van der Waals surface area contributed by atoms with Crippen LogP contribution in [0.5, 0.6) is 0 Å². The van der Waals surface area contributed by atoms with E-state index in [2.05, 4.69) is 29.2 Å². The first-order chi connectivity index (χ1) is 8.60. The molecular formula is C13H25N3O2. The lowest BCUT2D eigenvalue weighted by molar-refractivity contribution is -0.123. The molecule has 0 aromatic carbocycles. The third kappa shape index (κ3) is 4.29. The molecule has 1 unspecified atom stereocenters. The van der Waals surface area contributed by atoms with Crippen LogP contribution in [0.2, 0.25) is 0 Å². The van der Waals surface area contributed by atoms with Gasteiger partial charge >= 0.3 is 0 Å². The predicted molar refractivity (Wildman–Crippen MR) is 72.0 cm³/mol. The molecule has 0 aromatic rings. The highest BCUT2D eigenvalue weighted by Gasteiger charge is 2.24. The second kappa shape index (κ2) is 7.36. The van der Waals surface area contributed by atoms with Crippen LogP contribution in [0.3, 0.4) is 0 Å². The average Bonchev–Trinajstić information content (AvgIpc) is 2.36. The monoisotopic (exact) mass is 255 g/mol. The summed E-state index contributed by atoms with van der Waals surface area (Å²) < 4.78 is 0. The number of nitrogens with one attached hydrogen (secondary N) is 1. The maximum Gasteiger partial charge on any atom is 0.234 e. The molecule has 1 atom stereocenters. The summed E-state index contributed by atoms with van der Waals surface area (Å²) >= 11 is 0. The Kier molecular flexibility index (Phi) is 6.12. The van der Waals surface area contributed by atoms with E-state index in [4.69, 9.17) is 5.21 Å². The zero-order chi connectivity index (χ0) is 13.5. The van der Waals surface area contributed by atoms with Crippen molar-refractivity contribution in [2.24, 2.45) is 11.1 Å². The van der Waals surface area contributed by atoms with Crippen molar-refractivity contribution in [1.29, 1.82) is 0 Å². The number of likely N-dealkylation sites (tertiary alicyclic amines) is 1. The molecule has 0 aromatic heterocycles. The van der Waals surface area contributed by atoms with E-state index in [0.717, 1.165) is 38.1 Å². The van der Waals surface area contributed by atoms with Gasteiger partial charge in [0, 0.05) is 31.5 Å². The first-order valence-electron chi connectivity index (χ1n) is 6.83. The van der Waals surface area contributed by atoms with Crippen LogP contribution in [0.1, 0.15) is 40.0 Å². The number of carbonyl (C=O) groups excluding carboxylic acids is 1. The third-order valence-electron chi connectivity index (χ3n) is 3.63. The number of hydrogen-bond donors (Lipinski definition) is 2. The van der Waals surface area contributed by atoms with E-state index in [1.54, 1.807) is 0 Å². The van der Waals surface area contributed by atoms with E-state index in [9.17, 15) is 4.79 Å². The van der Waals surface area contributed by atoms with Gasteiger partial charge in [0.05, 0.1) is 12.3 Å². The van der Waals surface area contributed by atoms with Gasteiger partial charge in [0.2, 0.25) is 5.91 Å². The maximum atomic E-state index is 11.9. The van der Waals surface area contributed by atoms with Crippen LogP contribution in [-0.4, -0.2) is 47.4 Å². The molecule has 1 heterocycles. The smallest absolute Gasteiger partial charge is 0.234 e. The highest BCUT2D eigenvalue weighted by molar-refractivity contribution is 5.87. The molecule has 0 bridgehead atoms. The van der Waals surface area contributed by atoms with Gasteiger partial charge in [0.25, 0.3) is 0 Å². The van der Waals surface area contributed by atoms with Gasteiger partial charge in [-0.15, -0.1) is 0 Å². The van der Waals surface area contributed by atoms with Gasteiger partial charge in [-0.1, -0.05) is 25.9 Å². The van der Waals surface area contributed by atoms with Gasteiger partial charge in [0.15, 0.2) is 0 Å². The van der Waals surface area contributed by atoms with Crippen molar-refractivity contribution >= 4 is 11.6 Å². The second-order valence-electron chi connectivity index (χ2n) is 5.06. The third-order valence-corrected chi connectivity index (χ3v) is 3.63. The van der Waals surface area contributed by atoms with Crippen LogP contribution in [0.4, 0.5) is 0 Å². The molecule has 18 heavy (non-hydrogen) atoms. The van der Waals surface area contributed by atoms with Crippen LogP contribution in [0.15, 0.2) is 5.16 Å². The lowest BCUT2D eigenvalue weighted by Crippen LogP contribution is -2.46. The largest absolute Gasteiger partial charge is 0.411 e. The Bertz CT molecular complexity index is 301. The summed E-state index contributed by atoms with van der Waals surface area (Å²) in [6, 6.07) is 0.286. The van der Waals surface area contributed by atoms with Gasteiger partial charge in [-0.2, -0.15) is 0 Å². The molecule has 0 radical (unpaired) electrons. The highest BCUT2D eigenvalue weighted by Crippen LogP contribution is 2.13. The van der Waals surface area contributed by atoms with E-state index in [-0.39, 0.29) is 17.9 Å². The summed E-state index contributed by atoms with van der Waals surface area (Å²) in [6.07, 6.45) is 2.69. The molecule has 5 nitrogen and oxygen atoms in total. The molecule has 1 amide bonds. The SMILES string of the molecule is CCC(CC)NC(=O)CN1CCC(=NO)C(C)C1. The Hall–Kier alpha value is -1.10. The molecule has 1 rings (SSSR count). The standard InChI is InChI=1S/C13H25N3O2/c1-4-11(5-2)14-13(17)9-16-7-6-12(15-18)10(3)8-16/h10-11,18H,4-9H2,1-3H3,(H,14,17). The van der Waals surface area contributed by atoms with Gasteiger partial charge in [-0.25, -0.2) is 0 Å². The Morgan fingerprint density at radius 2 is 2.22 bits per heavy atom. The summed E-state index contributed by atoms with van der Waals surface area (Å²) in [6.45, 7) is 8.22. The second-order valence-corrected chi connectivity index (χ2v) is 5.06. The van der Waals surface area contributed by atoms with E-state index in [1.807, 2.05) is 6.92 Å². The van der Waals surface area contributed by atoms with Gasteiger partial charge < -0.3 is 10.5 Å². The molecule has 1 saturated heterocycles. The minimum Gasteiger partial charge on any atom is -0.411 e. The molecule has 104 valence electrons. The molecule has 5 heteroatoms. The summed E-state index contributed by atoms with van der Waals surface area (Å²) in [5, 5.41) is 15.2. The van der Waals surface area contributed by atoms with Gasteiger partial charge in [0.1, 0.15) is 0 Å². The molecule has 0 spiro atoms. The van der Waals surface area contributed by atoms with Crippen LogP contribution in [0.25, 0.3) is 0 Å². The van der Waals surface area contributed by atoms with Crippen molar-refractivity contribution in [1.82, 2.24) is 10.2 Å². The quantitative estimate of drug-likeness (QED) is 0.577. The predicted octanol–water partition coefficient (Wildman–Crippen LogP) is 1.46. The van der Waals surface area contributed by atoms with Crippen LogP contribution in [-0.2, 0) is 4.79 Å². The number of amides is 1. The zero-order valence-electron chi connectivity index (χ0n) is 11.6. The van der Waals surface area contributed by atoms with Crippen molar-refractivity contribution in [3.05, 3.63) is 0 Å². The lowest BCUT2D eigenvalue weighted by atomic mass is 9.98. The van der Waals surface area contributed by atoms with E-state index >= 15 is 0 Å². The molecule has 1 fully saturated rings. The fraction of sp³-hybridized carbons (Fsp3) is 0.846. The lowest BCUT2D eigenvalue weighted by Gasteiger charge is -2.31. The van der Waals surface area contributed by atoms with Crippen molar-refractivity contribution < 1.29 is 10.0 Å². The number of piperidine rings is 1. The Morgan fingerprint density at radius 3 is 2.72 bits per heavy atom. The summed E-state index contributed by atoms with van der Waals surface area (Å²) in [7, 11) is 0. The molecule has 0 saturated carbocycles. The number of oxime groups is 1. The van der Waals surface area contributed by atoms with Crippen molar-refractivity contribution in [2.45, 2.75) is 46.1 Å². The van der Waals surface area contributed by atoms with Gasteiger partial charge in [-0.05, 0) is 12.8 Å². The minimum atomic E-state index is 0.0975. The average molecular weight is 255 g/mol. The topological polar surface area (TPSA) is 64.9 Å². The van der Waals surface area contributed by atoms with Crippen molar-refractivity contribution in [3.8, 4) is 0 Å². The summed E-state index contributed by atoms with van der Waals surface area (Å²) in [5.41, 5.74) is 0.839. The Morgan fingerprint density at radius 1 is 1.56 bits per heavy atom. The highest BCUT2D eigenvalue weighted by atomic mass is 16.4.